The predicted molar refractivity (Wildman–Crippen MR) is 113 cm³/mol. The Labute approximate surface area is 173 Å². The summed E-state index contributed by atoms with van der Waals surface area (Å²) in [7, 11) is 1.64. The molecule has 4 saturated carbocycles. The Kier molecular flexibility index (Phi) is 4.99. The zero-order valence-corrected chi connectivity index (χ0v) is 17.9. The molecule has 0 aliphatic heterocycles. The monoisotopic (exact) mass is 399 g/mol. The van der Waals surface area contributed by atoms with Crippen LogP contribution in [0.25, 0.3) is 0 Å². The summed E-state index contributed by atoms with van der Waals surface area (Å²) < 4.78 is 5.28. The number of hydrogen-bond acceptors (Lipinski definition) is 4. The molecule has 6 heteroatoms. The van der Waals surface area contributed by atoms with Crippen molar-refractivity contribution < 1.29 is 14.3 Å². The van der Waals surface area contributed by atoms with Crippen molar-refractivity contribution in [3.63, 3.8) is 0 Å². The summed E-state index contributed by atoms with van der Waals surface area (Å²) in [5, 5.41) is 9.99. The van der Waals surface area contributed by atoms with Gasteiger partial charge in [-0.2, -0.15) is 0 Å². The molecule has 0 heterocycles. The third-order valence-electron chi connectivity index (χ3n) is 7.11. The average molecular weight is 400 g/mol. The van der Waals surface area contributed by atoms with Crippen molar-refractivity contribution in [1.82, 2.24) is 10.6 Å². The van der Waals surface area contributed by atoms with E-state index in [0.29, 0.717) is 17.8 Å². The largest absolute Gasteiger partial charge is 0.497 e. The predicted octanol–water partition coefficient (Wildman–Crippen LogP) is 3.09. The highest BCUT2D eigenvalue weighted by molar-refractivity contribution is 5.89. The van der Waals surface area contributed by atoms with Gasteiger partial charge in [-0.1, -0.05) is 6.07 Å². The van der Waals surface area contributed by atoms with E-state index in [1.807, 2.05) is 38.1 Å². The first-order chi connectivity index (χ1) is 13.7. The molecule has 5 rings (SSSR count). The molecule has 1 aromatic rings. The zero-order chi connectivity index (χ0) is 20.8. The summed E-state index contributed by atoms with van der Waals surface area (Å²) in [6, 6.07) is 7.84. The highest BCUT2D eigenvalue weighted by atomic mass is 16.5. The first-order valence-electron chi connectivity index (χ1n) is 10.7. The van der Waals surface area contributed by atoms with E-state index in [4.69, 9.17) is 4.74 Å². The molecule has 0 spiro atoms. The molecule has 4 aliphatic rings. The Balaban J connectivity index is 1.44. The van der Waals surface area contributed by atoms with Gasteiger partial charge in [0.05, 0.1) is 7.11 Å². The number of methoxy groups -OCH3 is 1. The Morgan fingerprint density at radius 1 is 1.14 bits per heavy atom. The normalized spacial score (nSPS) is 32.6. The first-order valence-corrected chi connectivity index (χ1v) is 10.7. The topological polar surface area (TPSA) is 79.5 Å². The lowest BCUT2D eigenvalue weighted by Crippen LogP contribution is -2.67. The molecule has 3 N–H and O–H groups in total. The van der Waals surface area contributed by atoms with E-state index in [-0.39, 0.29) is 23.4 Å². The number of hydrogen-bond donors (Lipinski definition) is 3. The van der Waals surface area contributed by atoms with Gasteiger partial charge in [-0.05, 0) is 75.8 Å². The zero-order valence-electron chi connectivity index (χ0n) is 17.9. The number of benzene rings is 1. The smallest absolute Gasteiger partial charge is 0.245 e. The number of ether oxygens (including phenoxy) is 1. The van der Waals surface area contributed by atoms with Gasteiger partial charge in [0.15, 0.2) is 0 Å². The Bertz CT molecular complexity index is 790. The van der Waals surface area contributed by atoms with E-state index < -0.39 is 5.54 Å². The van der Waals surface area contributed by atoms with Gasteiger partial charge in [0.25, 0.3) is 0 Å². The number of amides is 2. The van der Waals surface area contributed by atoms with Crippen LogP contribution in [0.4, 0.5) is 5.69 Å². The van der Waals surface area contributed by atoms with E-state index >= 15 is 0 Å². The van der Waals surface area contributed by atoms with Crippen LogP contribution in [0.15, 0.2) is 24.3 Å². The maximum atomic E-state index is 13.2. The first kappa shape index (κ1) is 20.0. The molecule has 6 nitrogen and oxygen atoms in total. The van der Waals surface area contributed by atoms with Gasteiger partial charge in [0, 0.05) is 30.3 Å². The van der Waals surface area contributed by atoms with Gasteiger partial charge < -0.3 is 20.7 Å². The third kappa shape index (κ3) is 3.94. The van der Waals surface area contributed by atoms with Crippen LogP contribution in [-0.4, -0.2) is 36.0 Å². The molecule has 5 atom stereocenters. The molecule has 4 aliphatic carbocycles. The molecule has 1 unspecified atom stereocenters. The quantitative estimate of drug-likeness (QED) is 0.687. The third-order valence-corrected chi connectivity index (χ3v) is 7.11. The molecule has 1 aromatic carbocycles. The standard InChI is InChI=1S/C23H33N3O3/c1-14(27)25-23-11-15-8-16(12-23)20(17(9-15)13-23)24-21(28)22(2,3)26-18-6-5-7-19(10-18)29-4/h5-7,10,15-17,20,26H,8-9,11-13H2,1-4H3,(H,24,28)(H,25,27)/t15?,16-,17+,20+,23+. The Morgan fingerprint density at radius 3 is 2.45 bits per heavy atom. The minimum atomic E-state index is -0.740. The van der Waals surface area contributed by atoms with Crippen molar-refractivity contribution >= 4 is 17.5 Å². The van der Waals surface area contributed by atoms with Crippen molar-refractivity contribution in [1.29, 1.82) is 0 Å². The lowest BCUT2D eigenvalue weighted by Gasteiger charge is -2.60. The molecule has 4 fully saturated rings. The van der Waals surface area contributed by atoms with Crippen molar-refractivity contribution in [2.75, 3.05) is 12.4 Å². The van der Waals surface area contributed by atoms with Crippen LogP contribution >= 0.6 is 0 Å². The molecule has 4 bridgehead atoms. The van der Waals surface area contributed by atoms with E-state index in [9.17, 15) is 9.59 Å². The van der Waals surface area contributed by atoms with Crippen LogP contribution < -0.4 is 20.7 Å². The van der Waals surface area contributed by atoms with Crippen LogP contribution in [0, 0.1) is 17.8 Å². The molecular formula is C23H33N3O3. The van der Waals surface area contributed by atoms with E-state index in [1.165, 1.54) is 0 Å². The van der Waals surface area contributed by atoms with Crippen LogP contribution in [0.3, 0.4) is 0 Å². The summed E-state index contributed by atoms with van der Waals surface area (Å²) in [6.45, 7) is 5.44. The van der Waals surface area contributed by atoms with Crippen molar-refractivity contribution in [2.45, 2.75) is 70.0 Å². The maximum absolute atomic E-state index is 13.2. The molecule has 0 saturated heterocycles. The molecule has 158 valence electrons. The number of carbonyl (C=O) groups is 2. The van der Waals surface area contributed by atoms with Crippen molar-refractivity contribution in [2.24, 2.45) is 17.8 Å². The fraction of sp³-hybridized carbons (Fsp3) is 0.652. The minimum absolute atomic E-state index is 0.0198. The van der Waals surface area contributed by atoms with Gasteiger partial charge in [0.2, 0.25) is 11.8 Å². The minimum Gasteiger partial charge on any atom is -0.497 e. The van der Waals surface area contributed by atoms with E-state index in [2.05, 4.69) is 16.0 Å². The maximum Gasteiger partial charge on any atom is 0.245 e. The van der Waals surface area contributed by atoms with Crippen molar-refractivity contribution in [3.8, 4) is 5.75 Å². The van der Waals surface area contributed by atoms with Gasteiger partial charge >= 0.3 is 0 Å². The number of carbonyl (C=O) groups excluding carboxylic acids is 2. The summed E-state index contributed by atoms with van der Waals surface area (Å²) in [5.74, 6) is 2.42. The summed E-state index contributed by atoms with van der Waals surface area (Å²) in [5.41, 5.74) is 0.0769. The number of nitrogens with one attached hydrogen (secondary N) is 3. The van der Waals surface area contributed by atoms with Crippen LogP contribution in [-0.2, 0) is 9.59 Å². The van der Waals surface area contributed by atoms with Crippen molar-refractivity contribution in [3.05, 3.63) is 24.3 Å². The molecular weight excluding hydrogens is 366 g/mol. The van der Waals surface area contributed by atoms with E-state index in [1.54, 1.807) is 14.0 Å². The molecule has 2 amide bonds. The molecule has 0 aromatic heterocycles. The lowest BCUT2D eigenvalue weighted by molar-refractivity contribution is -0.132. The fourth-order valence-electron chi connectivity index (χ4n) is 6.24. The van der Waals surface area contributed by atoms with Gasteiger partial charge in [-0.3, -0.25) is 9.59 Å². The number of anilines is 1. The average Bonchev–Trinajstić information content (AvgIpc) is 2.62. The molecule has 0 radical (unpaired) electrons. The van der Waals surface area contributed by atoms with Gasteiger partial charge in [0.1, 0.15) is 11.3 Å². The Hall–Kier alpha value is -2.24. The molecule has 29 heavy (non-hydrogen) atoms. The van der Waals surface area contributed by atoms with Gasteiger partial charge in [-0.15, -0.1) is 0 Å². The van der Waals surface area contributed by atoms with Crippen LogP contribution in [0.2, 0.25) is 0 Å². The van der Waals surface area contributed by atoms with Crippen LogP contribution in [0.5, 0.6) is 5.75 Å². The second-order valence-electron chi connectivity index (χ2n) is 9.91. The summed E-state index contributed by atoms with van der Waals surface area (Å²) >= 11 is 0. The van der Waals surface area contributed by atoms with Gasteiger partial charge in [-0.25, -0.2) is 0 Å². The highest BCUT2D eigenvalue weighted by Gasteiger charge is 2.56. The van der Waals surface area contributed by atoms with E-state index in [0.717, 1.165) is 43.5 Å². The summed E-state index contributed by atoms with van der Waals surface area (Å²) in [4.78, 5) is 24.9. The fourth-order valence-corrected chi connectivity index (χ4v) is 6.24. The lowest BCUT2D eigenvalue weighted by atomic mass is 9.51. The Morgan fingerprint density at radius 2 is 1.83 bits per heavy atom. The SMILES string of the molecule is COc1cccc(NC(C)(C)C(=O)N[C@H]2[C@@H]3CC4C[C@H]2C[C@](NC(C)=O)(C4)C3)c1. The van der Waals surface area contributed by atoms with Crippen LogP contribution in [0.1, 0.15) is 52.9 Å². The second kappa shape index (κ2) is 7.22. The number of rotatable bonds is 6. The second-order valence-corrected chi connectivity index (χ2v) is 9.91. The summed E-state index contributed by atoms with van der Waals surface area (Å²) in [6.07, 6.45) is 5.38. The highest BCUT2D eigenvalue weighted by Crippen LogP contribution is 2.55.